The summed E-state index contributed by atoms with van der Waals surface area (Å²) in [6.45, 7) is 1.06. The van der Waals surface area contributed by atoms with Crippen LogP contribution in [0.1, 0.15) is 18.4 Å². The van der Waals surface area contributed by atoms with Crippen molar-refractivity contribution < 1.29 is 19.4 Å². The Hall–Kier alpha value is -2.98. The van der Waals surface area contributed by atoms with Gasteiger partial charge in [-0.3, -0.25) is 4.79 Å². The van der Waals surface area contributed by atoms with E-state index in [1.165, 1.54) is 5.56 Å². The van der Waals surface area contributed by atoms with Gasteiger partial charge < -0.3 is 14.6 Å². The van der Waals surface area contributed by atoms with E-state index in [4.69, 9.17) is 26.2 Å². The van der Waals surface area contributed by atoms with Crippen molar-refractivity contribution in [1.29, 1.82) is 0 Å². The molecule has 0 unspecified atom stereocenters. The van der Waals surface area contributed by atoms with Crippen LogP contribution in [0, 0.1) is 0 Å². The summed E-state index contributed by atoms with van der Waals surface area (Å²) in [7, 11) is 0. The predicted octanol–water partition coefficient (Wildman–Crippen LogP) is 5.87. The smallest absolute Gasteiger partial charge is 0.303 e. The van der Waals surface area contributed by atoms with E-state index in [0.717, 1.165) is 23.3 Å². The van der Waals surface area contributed by atoms with E-state index in [-0.39, 0.29) is 6.42 Å². The number of hydrogen-bond acceptors (Lipinski definition) is 3. The lowest BCUT2D eigenvalue weighted by atomic mass is 10.1. The minimum absolute atomic E-state index is 0.0591. The third-order valence-corrected chi connectivity index (χ3v) is 4.77. The van der Waals surface area contributed by atoms with Gasteiger partial charge in [-0.15, -0.1) is 0 Å². The van der Waals surface area contributed by atoms with E-state index < -0.39 is 5.97 Å². The molecule has 5 heteroatoms. The van der Waals surface area contributed by atoms with Crippen molar-refractivity contribution >= 4 is 17.6 Å². The fourth-order valence-corrected chi connectivity index (χ4v) is 3.14. The molecule has 0 saturated heterocycles. The molecule has 3 aromatic rings. The summed E-state index contributed by atoms with van der Waals surface area (Å²) in [4.78, 5) is 10.7. The Kier molecular flexibility index (Phi) is 7.54. The lowest BCUT2D eigenvalue weighted by Crippen LogP contribution is -2.05. The van der Waals surface area contributed by atoms with Gasteiger partial charge in [0.2, 0.25) is 0 Å². The fourth-order valence-electron chi connectivity index (χ4n) is 2.88. The SMILES string of the molecule is O=C(O)CCc1ccc(OCCCOc2ccc(-c3ccccc3)cc2)cc1Cl. The molecule has 0 spiro atoms. The maximum Gasteiger partial charge on any atom is 0.303 e. The van der Waals surface area contributed by atoms with E-state index >= 15 is 0 Å². The number of benzene rings is 3. The first-order valence-corrected chi connectivity index (χ1v) is 9.91. The zero-order chi connectivity index (χ0) is 20.5. The number of aliphatic carboxylic acids is 1. The molecule has 3 rings (SSSR count). The van der Waals surface area contributed by atoms with Gasteiger partial charge in [0.1, 0.15) is 11.5 Å². The molecule has 0 aromatic heterocycles. The average Bonchev–Trinajstić information content (AvgIpc) is 2.74. The van der Waals surface area contributed by atoms with Gasteiger partial charge in [0.15, 0.2) is 0 Å². The van der Waals surface area contributed by atoms with Gasteiger partial charge >= 0.3 is 5.97 Å². The van der Waals surface area contributed by atoms with Crippen molar-refractivity contribution in [2.75, 3.05) is 13.2 Å². The zero-order valence-corrected chi connectivity index (χ0v) is 16.8. The van der Waals surface area contributed by atoms with Crippen LogP contribution in [0.3, 0.4) is 0 Å². The molecule has 0 fully saturated rings. The maximum atomic E-state index is 10.7. The highest BCUT2D eigenvalue weighted by Gasteiger charge is 2.06. The lowest BCUT2D eigenvalue weighted by Gasteiger charge is -2.10. The van der Waals surface area contributed by atoms with E-state index in [1.54, 1.807) is 6.07 Å². The molecule has 0 bridgehead atoms. The Morgan fingerprint density at radius 2 is 1.45 bits per heavy atom. The summed E-state index contributed by atoms with van der Waals surface area (Å²) in [6, 6.07) is 23.6. The van der Waals surface area contributed by atoms with Crippen LogP contribution in [-0.4, -0.2) is 24.3 Å². The first-order valence-electron chi connectivity index (χ1n) is 9.53. The second-order valence-corrected chi connectivity index (χ2v) is 7.00. The summed E-state index contributed by atoms with van der Waals surface area (Å²) >= 11 is 6.19. The highest BCUT2D eigenvalue weighted by atomic mass is 35.5. The highest BCUT2D eigenvalue weighted by molar-refractivity contribution is 6.31. The number of ether oxygens (including phenoxy) is 2. The molecule has 0 saturated carbocycles. The van der Waals surface area contributed by atoms with Crippen LogP contribution >= 0.6 is 11.6 Å². The van der Waals surface area contributed by atoms with Crippen molar-refractivity contribution in [3.05, 3.63) is 83.4 Å². The van der Waals surface area contributed by atoms with Crippen molar-refractivity contribution in [2.45, 2.75) is 19.3 Å². The van der Waals surface area contributed by atoms with Crippen LogP contribution in [0.25, 0.3) is 11.1 Å². The van der Waals surface area contributed by atoms with Crippen LogP contribution < -0.4 is 9.47 Å². The second-order valence-electron chi connectivity index (χ2n) is 6.59. The van der Waals surface area contributed by atoms with E-state index in [9.17, 15) is 4.79 Å². The van der Waals surface area contributed by atoms with Gasteiger partial charge in [0, 0.05) is 17.9 Å². The summed E-state index contributed by atoms with van der Waals surface area (Å²) in [5.74, 6) is 0.660. The van der Waals surface area contributed by atoms with Gasteiger partial charge in [-0.05, 0) is 47.4 Å². The molecule has 0 aliphatic heterocycles. The minimum Gasteiger partial charge on any atom is -0.493 e. The van der Waals surface area contributed by atoms with Crippen molar-refractivity contribution in [3.8, 4) is 22.6 Å². The number of rotatable bonds is 10. The van der Waals surface area contributed by atoms with Crippen molar-refractivity contribution in [3.63, 3.8) is 0 Å². The normalized spacial score (nSPS) is 10.5. The topological polar surface area (TPSA) is 55.8 Å². The molecule has 29 heavy (non-hydrogen) atoms. The largest absolute Gasteiger partial charge is 0.493 e. The molecule has 0 amide bonds. The number of aryl methyl sites for hydroxylation is 1. The maximum absolute atomic E-state index is 10.7. The Labute approximate surface area is 175 Å². The molecular formula is C24H23ClO4. The van der Waals surface area contributed by atoms with E-state index in [2.05, 4.69) is 24.3 Å². The summed E-state index contributed by atoms with van der Waals surface area (Å²) in [5.41, 5.74) is 3.15. The van der Waals surface area contributed by atoms with Crippen LogP contribution in [-0.2, 0) is 11.2 Å². The number of carboxylic acid groups (broad SMARTS) is 1. The van der Waals surface area contributed by atoms with Gasteiger partial charge in [-0.2, -0.15) is 0 Å². The second kappa shape index (κ2) is 10.5. The third kappa shape index (κ3) is 6.54. The van der Waals surface area contributed by atoms with E-state index in [0.29, 0.717) is 30.4 Å². The summed E-state index contributed by atoms with van der Waals surface area (Å²) in [5, 5.41) is 9.28. The minimum atomic E-state index is -0.837. The third-order valence-electron chi connectivity index (χ3n) is 4.42. The number of hydrogen-bond donors (Lipinski definition) is 1. The highest BCUT2D eigenvalue weighted by Crippen LogP contribution is 2.24. The van der Waals surface area contributed by atoms with Gasteiger partial charge in [-0.25, -0.2) is 0 Å². The summed E-state index contributed by atoms with van der Waals surface area (Å²) < 4.78 is 11.5. The molecule has 0 atom stereocenters. The number of carboxylic acids is 1. The standard InChI is InChI=1S/C24H23ClO4/c25-23-17-22(13-9-20(23)10-14-24(26)27)29-16-4-15-28-21-11-7-19(8-12-21)18-5-2-1-3-6-18/h1-3,5-9,11-13,17H,4,10,14-16H2,(H,26,27). The molecule has 3 aromatic carbocycles. The lowest BCUT2D eigenvalue weighted by molar-refractivity contribution is -0.136. The molecular weight excluding hydrogens is 388 g/mol. The van der Waals surface area contributed by atoms with Crippen LogP contribution in [0.2, 0.25) is 5.02 Å². The zero-order valence-electron chi connectivity index (χ0n) is 16.0. The quantitative estimate of drug-likeness (QED) is 0.424. The molecule has 0 aliphatic rings. The molecule has 0 radical (unpaired) electrons. The Morgan fingerprint density at radius 3 is 2.10 bits per heavy atom. The van der Waals surface area contributed by atoms with Crippen molar-refractivity contribution in [1.82, 2.24) is 0 Å². The van der Waals surface area contributed by atoms with Gasteiger partial charge in [-0.1, -0.05) is 60.1 Å². The average molecular weight is 411 g/mol. The fraction of sp³-hybridized carbons (Fsp3) is 0.208. The first kappa shape index (κ1) is 20.7. The van der Waals surface area contributed by atoms with Crippen LogP contribution in [0.4, 0.5) is 0 Å². The molecule has 4 nitrogen and oxygen atoms in total. The van der Waals surface area contributed by atoms with Crippen molar-refractivity contribution in [2.24, 2.45) is 0 Å². The Morgan fingerprint density at radius 1 is 0.828 bits per heavy atom. The van der Waals surface area contributed by atoms with E-state index in [1.807, 2.05) is 42.5 Å². The van der Waals surface area contributed by atoms with Crippen LogP contribution in [0.5, 0.6) is 11.5 Å². The van der Waals surface area contributed by atoms with Gasteiger partial charge in [0.25, 0.3) is 0 Å². The van der Waals surface area contributed by atoms with Gasteiger partial charge in [0.05, 0.1) is 13.2 Å². The molecule has 0 heterocycles. The monoisotopic (exact) mass is 410 g/mol. The Balaban J connectivity index is 1.39. The molecule has 0 aliphatic carbocycles. The Bertz CT molecular complexity index is 923. The van der Waals surface area contributed by atoms with Crippen LogP contribution in [0.15, 0.2) is 72.8 Å². The first-order chi connectivity index (χ1) is 14.1. The molecule has 1 N–H and O–H groups in total. The number of halogens is 1. The summed E-state index contributed by atoms with van der Waals surface area (Å²) in [6.07, 6.45) is 1.20. The predicted molar refractivity (Wildman–Crippen MR) is 115 cm³/mol. The molecule has 150 valence electrons. The number of carbonyl (C=O) groups is 1.